The maximum atomic E-state index is 13.5. The number of ether oxygens (including phenoxy) is 3. The van der Waals surface area contributed by atoms with Crippen LogP contribution in [0, 0.1) is 5.82 Å². The summed E-state index contributed by atoms with van der Waals surface area (Å²) in [7, 11) is 4.54. The highest BCUT2D eigenvalue weighted by atomic mass is 19.1. The quantitative estimate of drug-likeness (QED) is 0.505. The van der Waals surface area contributed by atoms with E-state index in [1.54, 1.807) is 42.5 Å². The van der Waals surface area contributed by atoms with Crippen LogP contribution < -0.4 is 19.5 Å². The molecule has 1 N–H and O–H groups in total. The Morgan fingerprint density at radius 3 is 2.09 bits per heavy atom. The highest BCUT2D eigenvalue weighted by Crippen LogP contribution is 2.37. The molecule has 2 amide bonds. The molecular formula is C26H23FN2O5. The minimum Gasteiger partial charge on any atom is -0.497 e. The van der Waals surface area contributed by atoms with Gasteiger partial charge >= 0.3 is 0 Å². The number of carbonyl (C=O) groups is 2. The molecule has 174 valence electrons. The molecule has 0 radical (unpaired) electrons. The van der Waals surface area contributed by atoms with Crippen molar-refractivity contribution in [3.05, 3.63) is 89.4 Å². The summed E-state index contributed by atoms with van der Waals surface area (Å²) < 4.78 is 29.4. The van der Waals surface area contributed by atoms with Gasteiger partial charge in [-0.25, -0.2) is 4.39 Å². The lowest BCUT2D eigenvalue weighted by Gasteiger charge is -2.16. The molecule has 0 atom stereocenters. The fourth-order valence-corrected chi connectivity index (χ4v) is 3.73. The molecule has 7 nitrogen and oxygen atoms in total. The van der Waals surface area contributed by atoms with E-state index in [9.17, 15) is 14.0 Å². The van der Waals surface area contributed by atoms with E-state index < -0.39 is 17.6 Å². The van der Waals surface area contributed by atoms with E-state index in [4.69, 9.17) is 14.2 Å². The van der Waals surface area contributed by atoms with Crippen LogP contribution in [0.2, 0.25) is 0 Å². The number of carbonyl (C=O) groups excluding carboxylic acids is 2. The van der Waals surface area contributed by atoms with Crippen molar-refractivity contribution in [3.8, 4) is 17.2 Å². The molecule has 4 rings (SSSR count). The zero-order valence-corrected chi connectivity index (χ0v) is 18.9. The van der Waals surface area contributed by atoms with Gasteiger partial charge in [0.1, 0.15) is 28.8 Å². The average Bonchev–Trinajstić information content (AvgIpc) is 3.08. The number of hydrogen-bond acceptors (Lipinski definition) is 6. The van der Waals surface area contributed by atoms with Gasteiger partial charge in [-0.3, -0.25) is 14.5 Å². The summed E-state index contributed by atoms with van der Waals surface area (Å²) in [6.07, 6.45) is 0. The largest absolute Gasteiger partial charge is 0.497 e. The molecule has 0 bridgehead atoms. The standard InChI is InChI=1S/C26H23FN2O5/c1-32-19-12-18(13-20(14-19)33-2)28-24-23(21-6-4-5-7-22(21)34-3)25(30)29(26(24)31)15-16-8-10-17(27)11-9-16/h4-14,28H,15H2,1-3H3. The van der Waals surface area contributed by atoms with Crippen molar-refractivity contribution in [1.29, 1.82) is 0 Å². The number of amides is 2. The average molecular weight is 462 g/mol. The molecule has 0 unspecified atom stereocenters. The lowest BCUT2D eigenvalue weighted by atomic mass is 10.0. The molecule has 8 heteroatoms. The molecule has 1 aliphatic rings. The minimum atomic E-state index is -0.517. The Morgan fingerprint density at radius 2 is 1.47 bits per heavy atom. The molecular weight excluding hydrogens is 439 g/mol. The van der Waals surface area contributed by atoms with Gasteiger partial charge in [0.25, 0.3) is 11.8 Å². The van der Waals surface area contributed by atoms with Crippen molar-refractivity contribution >= 4 is 23.1 Å². The third-order valence-electron chi connectivity index (χ3n) is 5.42. The predicted molar refractivity (Wildman–Crippen MR) is 125 cm³/mol. The SMILES string of the molecule is COc1cc(NC2=C(c3ccccc3OC)C(=O)N(Cc3ccc(F)cc3)C2=O)cc(OC)c1. The van der Waals surface area contributed by atoms with Crippen LogP contribution in [0.25, 0.3) is 5.57 Å². The zero-order valence-electron chi connectivity index (χ0n) is 18.9. The molecule has 0 saturated carbocycles. The second kappa shape index (κ2) is 9.66. The van der Waals surface area contributed by atoms with E-state index in [1.807, 2.05) is 0 Å². The van der Waals surface area contributed by atoms with Gasteiger partial charge < -0.3 is 19.5 Å². The molecule has 3 aromatic rings. The number of halogens is 1. The minimum absolute atomic E-state index is 0.0107. The number of rotatable bonds is 8. The van der Waals surface area contributed by atoms with Crippen LogP contribution >= 0.6 is 0 Å². The smallest absolute Gasteiger partial charge is 0.278 e. The number of para-hydroxylation sites is 1. The summed E-state index contributed by atoms with van der Waals surface area (Å²) in [6.45, 7) is -0.0107. The Hall–Kier alpha value is -4.33. The van der Waals surface area contributed by atoms with Crippen molar-refractivity contribution < 1.29 is 28.2 Å². The van der Waals surface area contributed by atoms with Crippen molar-refractivity contribution in [2.24, 2.45) is 0 Å². The fourth-order valence-electron chi connectivity index (χ4n) is 3.73. The highest BCUT2D eigenvalue weighted by molar-refractivity contribution is 6.37. The Bertz CT molecular complexity index is 1250. The normalized spacial score (nSPS) is 13.4. The molecule has 0 aromatic heterocycles. The number of nitrogens with one attached hydrogen (secondary N) is 1. The molecule has 0 spiro atoms. The molecule has 0 fully saturated rings. The van der Waals surface area contributed by atoms with Crippen LogP contribution in [0.1, 0.15) is 11.1 Å². The third kappa shape index (κ3) is 4.43. The van der Waals surface area contributed by atoms with E-state index in [-0.39, 0.29) is 17.8 Å². The van der Waals surface area contributed by atoms with Crippen LogP contribution in [-0.4, -0.2) is 38.0 Å². The topological polar surface area (TPSA) is 77.1 Å². The van der Waals surface area contributed by atoms with Crippen LogP contribution in [-0.2, 0) is 16.1 Å². The van der Waals surface area contributed by atoms with Gasteiger partial charge in [-0.15, -0.1) is 0 Å². The summed E-state index contributed by atoms with van der Waals surface area (Å²) in [5.74, 6) is 0.0745. The number of nitrogens with zero attached hydrogens (tertiary/aromatic N) is 1. The Morgan fingerprint density at radius 1 is 0.824 bits per heavy atom. The number of methoxy groups -OCH3 is 3. The third-order valence-corrected chi connectivity index (χ3v) is 5.42. The molecule has 3 aromatic carbocycles. The first-order valence-electron chi connectivity index (χ1n) is 10.4. The first kappa shape index (κ1) is 22.8. The van der Waals surface area contributed by atoms with Crippen LogP contribution in [0.3, 0.4) is 0 Å². The second-order valence-corrected chi connectivity index (χ2v) is 7.50. The van der Waals surface area contributed by atoms with Crippen LogP contribution in [0.5, 0.6) is 17.2 Å². The summed E-state index contributed by atoms with van der Waals surface area (Å²) in [4.78, 5) is 28.1. The predicted octanol–water partition coefficient (Wildman–Crippen LogP) is 4.24. The van der Waals surface area contributed by atoms with Gasteiger partial charge in [-0.05, 0) is 23.8 Å². The van der Waals surface area contributed by atoms with Crippen molar-refractivity contribution in [2.45, 2.75) is 6.54 Å². The first-order valence-corrected chi connectivity index (χ1v) is 10.4. The summed E-state index contributed by atoms with van der Waals surface area (Å²) in [6, 6.07) is 17.7. The van der Waals surface area contributed by atoms with E-state index in [0.29, 0.717) is 34.1 Å². The molecule has 1 heterocycles. The number of anilines is 1. The van der Waals surface area contributed by atoms with Gasteiger partial charge in [-0.2, -0.15) is 0 Å². The van der Waals surface area contributed by atoms with Crippen LogP contribution in [0.4, 0.5) is 10.1 Å². The van der Waals surface area contributed by atoms with Crippen molar-refractivity contribution in [3.63, 3.8) is 0 Å². The number of benzene rings is 3. The van der Waals surface area contributed by atoms with Gasteiger partial charge in [0, 0.05) is 29.4 Å². The van der Waals surface area contributed by atoms with E-state index >= 15 is 0 Å². The van der Waals surface area contributed by atoms with E-state index in [0.717, 1.165) is 4.90 Å². The Labute approximate surface area is 196 Å². The summed E-state index contributed by atoms with van der Waals surface area (Å²) in [5.41, 5.74) is 1.86. The highest BCUT2D eigenvalue weighted by Gasteiger charge is 2.40. The maximum Gasteiger partial charge on any atom is 0.278 e. The molecule has 1 aliphatic heterocycles. The maximum absolute atomic E-state index is 13.5. The van der Waals surface area contributed by atoms with E-state index in [1.165, 1.54) is 45.6 Å². The van der Waals surface area contributed by atoms with Gasteiger partial charge in [-0.1, -0.05) is 30.3 Å². The second-order valence-electron chi connectivity index (χ2n) is 7.50. The first-order chi connectivity index (χ1) is 16.4. The van der Waals surface area contributed by atoms with Gasteiger partial charge in [0.2, 0.25) is 0 Å². The lowest BCUT2D eigenvalue weighted by Crippen LogP contribution is -2.32. The van der Waals surface area contributed by atoms with E-state index in [2.05, 4.69) is 5.32 Å². The van der Waals surface area contributed by atoms with Crippen molar-refractivity contribution in [1.82, 2.24) is 4.90 Å². The number of imide groups is 1. The van der Waals surface area contributed by atoms with Gasteiger partial charge in [0.05, 0.1) is 33.4 Å². The molecule has 34 heavy (non-hydrogen) atoms. The zero-order chi connectivity index (χ0) is 24.2. The van der Waals surface area contributed by atoms with Gasteiger partial charge in [0.15, 0.2) is 0 Å². The Kier molecular flexibility index (Phi) is 6.49. The van der Waals surface area contributed by atoms with Crippen molar-refractivity contribution in [2.75, 3.05) is 26.6 Å². The molecule has 0 aliphatic carbocycles. The van der Waals surface area contributed by atoms with Crippen LogP contribution in [0.15, 0.2) is 72.4 Å². The lowest BCUT2D eigenvalue weighted by molar-refractivity contribution is -0.137. The fraction of sp³-hybridized carbons (Fsp3) is 0.154. The summed E-state index contributed by atoms with van der Waals surface area (Å²) in [5, 5.41) is 3.09. The molecule has 0 saturated heterocycles. The Balaban J connectivity index is 1.79. The number of hydrogen-bond donors (Lipinski definition) is 1. The summed E-state index contributed by atoms with van der Waals surface area (Å²) >= 11 is 0. The monoisotopic (exact) mass is 462 g/mol.